The highest BCUT2D eigenvalue weighted by Gasteiger charge is 2.40. The second-order valence-corrected chi connectivity index (χ2v) is 3.66. The van der Waals surface area contributed by atoms with Crippen molar-refractivity contribution in [3.8, 4) is 5.75 Å². The van der Waals surface area contributed by atoms with Crippen LogP contribution in [-0.2, 0) is 9.53 Å². The average molecular weight is 207 g/mol. The fourth-order valence-corrected chi connectivity index (χ4v) is 1.44. The van der Waals surface area contributed by atoms with Gasteiger partial charge in [0, 0.05) is 13.0 Å². The molecule has 1 aliphatic heterocycles. The fourth-order valence-electron chi connectivity index (χ4n) is 1.44. The van der Waals surface area contributed by atoms with Crippen molar-refractivity contribution in [2.75, 3.05) is 13.2 Å². The summed E-state index contributed by atoms with van der Waals surface area (Å²) < 4.78 is 10.3. The summed E-state index contributed by atoms with van der Waals surface area (Å²) in [5.41, 5.74) is 4.87. The Hall–Kier alpha value is -1.39. The molecule has 1 aromatic rings. The number of esters is 1. The normalized spacial score (nSPS) is 25.1. The number of hydrogen-bond donors (Lipinski definition) is 1. The third-order valence-corrected chi connectivity index (χ3v) is 2.41. The van der Waals surface area contributed by atoms with Gasteiger partial charge in [0.1, 0.15) is 11.3 Å². The van der Waals surface area contributed by atoms with Crippen LogP contribution in [0.25, 0.3) is 0 Å². The third kappa shape index (κ3) is 2.16. The van der Waals surface area contributed by atoms with Crippen LogP contribution in [0.3, 0.4) is 0 Å². The molecule has 1 fully saturated rings. The lowest BCUT2D eigenvalue weighted by atomic mass is 10.0. The van der Waals surface area contributed by atoms with Crippen LogP contribution in [0, 0.1) is 0 Å². The first-order chi connectivity index (χ1) is 7.21. The van der Waals surface area contributed by atoms with Gasteiger partial charge < -0.3 is 15.2 Å². The van der Waals surface area contributed by atoms with Gasteiger partial charge in [-0.25, -0.2) is 4.79 Å². The van der Waals surface area contributed by atoms with Gasteiger partial charge in [-0.15, -0.1) is 0 Å². The zero-order valence-corrected chi connectivity index (χ0v) is 8.31. The minimum Gasteiger partial charge on any atom is -0.425 e. The molecule has 0 amide bonds. The van der Waals surface area contributed by atoms with Crippen LogP contribution in [0.1, 0.15) is 6.42 Å². The number of nitrogens with two attached hydrogens (primary N) is 1. The van der Waals surface area contributed by atoms with E-state index in [-0.39, 0.29) is 6.61 Å². The van der Waals surface area contributed by atoms with E-state index in [2.05, 4.69) is 0 Å². The van der Waals surface area contributed by atoms with Crippen molar-refractivity contribution >= 4 is 5.97 Å². The van der Waals surface area contributed by atoms with E-state index < -0.39 is 11.5 Å². The van der Waals surface area contributed by atoms with Crippen LogP contribution in [0.15, 0.2) is 30.3 Å². The maximum Gasteiger partial charge on any atom is 0.334 e. The van der Waals surface area contributed by atoms with Gasteiger partial charge in [0.25, 0.3) is 0 Å². The van der Waals surface area contributed by atoms with Gasteiger partial charge >= 0.3 is 5.97 Å². The maximum absolute atomic E-state index is 11.7. The van der Waals surface area contributed by atoms with Crippen LogP contribution in [0.4, 0.5) is 0 Å². The molecule has 1 aliphatic rings. The molecule has 4 heteroatoms. The lowest BCUT2D eigenvalue weighted by Crippen LogP contribution is -2.50. The largest absolute Gasteiger partial charge is 0.425 e. The number of rotatable bonds is 2. The summed E-state index contributed by atoms with van der Waals surface area (Å²) in [6.07, 6.45) is 0.513. The van der Waals surface area contributed by atoms with Crippen LogP contribution in [0.2, 0.25) is 0 Å². The number of benzene rings is 1. The maximum atomic E-state index is 11.7. The summed E-state index contributed by atoms with van der Waals surface area (Å²) in [5.74, 6) is 0.0884. The molecule has 0 aliphatic carbocycles. The van der Waals surface area contributed by atoms with Gasteiger partial charge in [0.15, 0.2) is 0 Å². The Bertz CT molecular complexity index is 344. The van der Waals surface area contributed by atoms with Crippen molar-refractivity contribution in [1.29, 1.82) is 0 Å². The molecule has 1 saturated heterocycles. The van der Waals surface area contributed by atoms with Crippen molar-refractivity contribution in [2.24, 2.45) is 5.73 Å². The fraction of sp³-hybridized carbons (Fsp3) is 0.364. The van der Waals surface area contributed by atoms with E-state index in [0.717, 1.165) is 0 Å². The summed E-state index contributed by atoms with van der Waals surface area (Å²) in [6, 6.07) is 8.90. The molecule has 1 heterocycles. The SMILES string of the molecule is N[C@@]1(C(=O)Oc2ccccc2)CCOC1. The van der Waals surface area contributed by atoms with Crippen molar-refractivity contribution in [3.05, 3.63) is 30.3 Å². The molecular formula is C11H13NO3. The van der Waals surface area contributed by atoms with Crippen molar-refractivity contribution in [3.63, 3.8) is 0 Å². The second kappa shape index (κ2) is 4.00. The Balaban J connectivity index is 2.04. The highest BCUT2D eigenvalue weighted by molar-refractivity contribution is 5.83. The number of hydrogen-bond acceptors (Lipinski definition) is 4. The molecule has 0 aromatic heterocycles. The van der Waals surface area contributed by atoms with E-state index in [4.69, 9.17) is 15.2 Å². The highest BCUT2D eigenvalue weighted by atomic mass is 16.5. The van der Waals surface area contributed by atoms with Gasteiger partial charge in [0.05, 0.1) is 6.61 Å². The Labute approximate surface area is 88.0 Å². The van der Waals surface area contributed by atoms with E-state index in [0.29, 0.717) is 18.8 Å². The molecule has 15 heavy (non-hydrogen) atoms. The van der Waals surface area contributed by atoms with E-state index in [1.807, 2.05) is 6.07 Å². The Morgan fingerprint density at radius 3 is 2.73 bits per heavy atom. The minimum absolute atomic E-state index is 0.235. The van der Waals surface area contributed by atoms with E-state index in [1.165, 1.54) is 0 Å². The van der Waals surface area contributed by atoms with Crippen LogP contribution >= 0.6 is 0 Å². The monoisotopic (exact) mass is 207 g/mol. The first-order valence-corrected chi connectivity index (χ1v) is 4.85. The number of para-hydroxylation sites is 1. The van der Waals surface area contributed by atoms with E-state index in [1.54, 1.807) is 24.3 Å². The molecule has 4 nitrogen and oxygen atoms in total. The molecule has 0 saturated carbocycles. The molecule has 0 radical (unpaired) electrons. The second-order valence-electron chi connectivity index (χ2n) is 3.66. The smallest absolute Gasteiger partial charge is 0.334 e. The van der Waals surface area contributed by atoms with Gasteiger partial charge in [-0.2, -0.15) is 0 Å². The third-order valence-electron chi connectivity index (χ3n) is 2.41. The zero-order valence-electron chi connectivity index (χ0n) is 8.31. The predicted molar refractivity (Wildman–Crippen MR) is 54.4 cm³/mol. The van der Waals surface area contributed by atoms with Crippen LogP contribution < -0.4 is 10.5 Å². The van der Waals surface area contributed by atoms with E-state index >= 15 is 0 Å². The molecule has 80 valence electrons. The predicted octanol–water partition coefficient (Wildman–Crippen LogP) is 0.710. The Kier molecular flexibility index (Phi) is 2.70. The number of carbonyl (C=O) groups is 1. The highest BCUT2D eigenvalue weighted by Crippen LogP contribution is 2.19. The van der Waals surface area contributed by atoms with Gasteiger partial charge in [-0.05, 0) is 12.1 Å². The molecule has 1 atom stereocenters. The summed E-state index contributed by atoms with van der Waals surface area (Å²) in [4.78, 5) is 11.7. The molecule has 0 bridgehead atoms. The van der Waals surface area contributed by atoms with Crippen molar-refractivity contribution in [1.82, 2.24) is 0 Å². The number of ether oxygens (including phenoxy) is 2. The Morgan fingerprint density at radius 1 is 1.40 bits per heavy atom. The van der Waals surface area contributed by atoms with Crippen LogP contribution in [-0.4, -0.2) is 24.7 Å². The molecule has 1 aromatic carbocycles. The van der Waals surface area contributed by atoms with Crippen molar-refractivity contribution < 1.29 is 14.3 Å². The quantitative estimate of drug-likeness (QED) is 0.573. The summed E-state index contributed by atoms with van der Waals surface area (Å²) >= 11 is 0. The lowest BCUT2D eigenvalue weighted by molar-refractivity contribution is -0.140. The minimum atomic E-state index is -0.976. The first-order valence-electron chi connectivity index (χ1n) is 4.85. The molecule has 2 rings (SSSR count). The molecule has 0 unspecified atom stereocenters. The molecule has 2 N–H and O–H groups in total. The first kappa shape index (κ1) is 10.1. The number of carbonyl (C=O) groups excluding carboxylic acids is 1. The Morgan fingerprint density at radius 2 is 2.13 bits per heavy atom. The topological polar surface area (TPSA) is 61.6 Å². The molecule has 0 spiro atoms. The zero-order chi connectivity index (χ0) is 10.7. The van der Waals surface area contributed by atoms with Crippen LogP contribution in [0.5, 0.6) is 5.75 Å². The average Bonchev–Trinajstić information content (AvgIpc) is 2.68. The van der Waals surface area contributed by atoms with Gasteiger partial charge in [0.2, 0.25) is 0 Å². The van der Waals surface area contributed by atoms with E-state index in [9.17, 15) is 4.79 Å². The lowest BCUT2D eigenvalue weighted by Gasteiger charge is -2.19. The molecular weight excluding hydrogens is 194 g/mol. The summed E-state index contributed by atoms with van der Waals surface area (Å²) in [5, 5.41) is 0. The summed E-state index contributed by atoms with van der Waals surface area (Å²) in [7, 11) is 0. The van der Waals surface area contributed by atoms with Gasteiger partial charge in [-0.3, -0.25) is 0 Å². The standard InChI is InChI=1S/C11H13NO3/c12-11(6-7-14-8-11)10(13)15-9-4-2-1-3-5-9/h1-5H,6-8,12H2/t11-/m0/s1. The summed E-state index contributed by atoms with van der Waals surface area (Å²) in [6.45, 7) is 0.749. The van der Waals surface area contributed by atoms with Crippen molar-refractivity contribution in [2.45, 2.75) is 12.0 Å². The van der Waals surface area contributed by atoms with Gasteiger partial charge in [-0.1, -0.05) is 18.2 Å².